The van der Waals surface area contributed by atoms with E-state index in [0.717, 1.165) is 33.7 Å². The van der Waals surface area contributed by atoms with Gasteiger partial charge >= 0.3 is 0 Å². The molecule has 0 atom stereocenters. The molecule has 2 heterocycles. The normalized spacial score (nSPS) is 11.0. The molecule has 0 aliphatic heterocycles. The smallest absolute Gasteiger partial charge is 0.262 e. The quantitative estimate of drug-likeness (QED) is 0.720. The molecule has 3 rings (SSSR count). The predicted molar refractivity (Wildman–Crippen MR) is 106 cm³/mol. The molecular formula is C19H20N4O3S. The molecule has 3 N–H and O–H groups in total. The molecule has 0 bridgehead atoms. The van der Waals surface area contributed by atoms with Gasteiger partial charge < -0.3 is 11.1 Å². The maximum absolute atomic E-state index is 12.7. The van der Waals surface area contributed by atoms with Crippen LogP contribution >= 0.6 is 11.3 Å². The van der Waals surface area contributed by atoms with Gasteiger partial charge in [-0.05, 0) is 44.4 Å². The molecule has 0 saturated carbocycles. The summed E-state index contributed by atoms with van der Waals surface area (Å²) < 4.78 is 1.24. The number of anilines is 1. The summed E-state index contributed by atoms with van der Waals surface area (Å²) in [5, 5.41) is 3.20. The first-order valence-electron chi connectivity index (χ1n) is 8.35. The molecule has 2 aromatic heterocycles. The summed E-state index contributed by atoms with van der Waals surface area (Å²) in [6, 6.07) is 3.98. The molecule has 1 aromatic carbocycles. The van der Waals surface area contributed by atoms with E-state index in [4.69, 9.17) is 5.73 Å². The molecule has 0 aliphatic carbocycles. The summed E-state index contributed by atoms with van der Waals surface area (Å²) in [6.45, 7) is 7.34. The third-order valence-electron chi connectivity index (χ3n) is 4.40. The highest BCUT2D eigenvalue weighted by atomic mass is 32.1. The fraction of sp³-hybridized carbons (Fsp3) is 0.263. The topological polar surface area (TPSA) is 107 Å². The molecule has 0 saturated heterocycles. The van der Waals surface area contributed by atoms with Gasteiger partial charge in [0.1, 0.15) is 11.4 Å². The largest absolute Gasteiger partial charge is 0.365 e. The van der Waals surface area contributed by atoms with E-state index in [1.165, 1.54) is 10.9 Å². The number of thiophene rings is 1. The lowest BCUT2D eigenvalue weighted by atomic mass is 10.1. The molecule has 2 amide bonds. The third kappa shape index (κ3) is 3.48. The first-order valence-corrected chi connectivity index (χ1v) is 9.16. The summed E-state index contributed by atoms with van der Waals surface area (Å²) in [5.74, 6) is -0.916. The standard InChI is InChI=1S/C19H20N4O3S/c1-9-5-10(2)15(11(3)6-9)22-13(24)7-23-8-21-18-14(19(23)26)12(4)16(27-18)17(20)25/h5-6,8H,7H2,1-4H3,(H2,20,25)(H,22,24). The van der Waals surface area contributed by atoms with E-state index in [1.54, 1.807) is 6.92 Å². The van der Waals surface area contributed by atoms with Gasteiger partial charge in [-0.2, -0.15) is 0 Å². The average Bonchev–Trinajstić information content (AvgIpc) is 2.91. The molecule has 27 heavy (non-hydrogen) atoms. The lowest BCUT2D eigenvalue weighted by Gasteiger charge is -2.13. The van der Waals surface area contributed by atoms with Crippen molar-refractivity contribution in [3.8, 4) is 0 Å². The van der Waals surface area contributed by atoms with Crippen LogP contribution in [0.15, 0.2) is 23.3 Å². The molecule has 3 aromatic rings. The Labute approximate surface area is 159 Å². The molecular weight excluding hydrogens is 364 g/mol. The van der Waals surface area contributed by atoms with Gasteiger partial charge in [0.05, 0.1) is 16.6 Å². The Morgan fingerprint density at radius 2 is 1.81 bits per heavy atom. The van der Waals surface area contributed by atoms with Gasteiger partial charge in [-0.15, -0.1) is 11.3 Å². The second-order valence-corrected chi connectivity index (χ2v) is 7.60. The minimum atomic E-state index is -0.593. The van der Waals surface area contributed by atoms with Crippen LogP contribution in [0.25, 0.3) is 10.2 Å². The van der Waals surface area contributed by atoms with E-state index in [1.807, 2.05) is 32.9 Å². The van der Waals surface area contributed by atoms with Crippen molar-refractivity contribution in [1.29, 1.82) is 0 Å². The van der Waals surface area contributed by atoms with E-state index < -0.39 is 5.91 Å². The lowest BCUT2D eigenvalue weighted by Crippen LogP contribution is -2.28. The third-order valence-corrected chi connectivity index (χ3v) is 5.61. The van der Waals surface area contributed by atoms with Crippen molar-refractivity contribution >= 4 is 39.1 Å². The molecule has 8 heteroatoms. The highest BCUT2D eigenvalue weighted by molar-refractivity contribution is 7.20. The zero-order valence-corrected chi connectivity index (χ0v) is 16.4. The van der Waals surface area contributed by atoms with Crippen LogP contribution in [0.4, 0.5) is 5.69 Å². The van der Waals surface area contributed by atoms with Crippen LogP contribution in [-0.2, 0) is 11.3 Å². The number of primary amides is 1. The molecule has 0 radical (unpaired) electrons. The van der Waals surface area contributed by atoms with Gasteiger partial charge in [0.2, 0.25) is 5.91 Å². The Hall–Kier alpha value is -3.00. The monoisotopic (exact) mass is 384 g/mol. The second-order valence-electron chi connectivity index (χ2n) is 6.60. The number of benzene rings is 1. The summed E-state index contributed by atoms with van der Waals surface area (Å²) in [4.78, 5) is 41.7. The van der Waals surface area contributed by atoms with Crippen LogP contribution in [0.3, 0.4) is 0 Å². The Morgan fingerprint density at radius 3 is 2.41 bits per heavy atom. The summed E-state index contributed by atoms with van der Waals surface area (Å²) in [5.41, 5.74) is 9.26. The van der Waals surface area contributed by atoms with Crippen LogP contribution in [0.1, 0.15) is 31.9 Å². The fourth-order valence-corrected chi connectivity index (χ4v) is 4.21. The zero-order valence-electron chi connectivity index (χ0n) is 15.5. The number of nitrogens with zero attached hydrogens (tertiary/aromatic N) is 2. The van der Waals surface area contributed by atoms with Gasteiger partial charge in [-0.1, -0.05) is 17.7 Å². The maximum atomic E-state index is 12.7. The number of rotatable bonds is 4. The Bertz CT molecular complexity index is 1120. The van der Waals surface area contributed by atoms with Crippen molar-refractivity contribution in [3.05, 3.63) is 55.9 Å². The molecule has 140 valence electrons. The van der Waals surface area contributed by atoms with E-state index in [9.17, 15) is 14.4 Å². The number of carbonyl (C=O) groups is 2. The van der Waals surface area contributed by atoms with Crippen LogP contribution in [-0.4, -0.2) is 21.4 Å². The SMILES string of the molecule is Cc1cc(C)c(NC(=O)Cn2cnc3sc(C(N)=O)c(C)c3c2=O)c(C)c1. The predicted octanol–water partition coefficient (Wildman–Crippen LogP) is 2.43. The number of nitrogens with one attached hydrogen (secondary N) is 1. The summed E-state index contributed by atoms with van der Waals surface area (Å²) >= 11 is 1.08. The van der Waals surface area contributed by atoms with E-state index in [0.29, 0.717) is 20.7 Å². The van der Waals surface area contributed by atoms with Crippen LogP contribution in [0.5, 0.6) is 0 Å². The highest BCUT2D eigenvalue weighted by Crippen LogP contribution is 2.26. The molecule has 0 unspecified atom stereocenters. The number of fused-ring (bicyclic) bond motifs is 1. The number of hydrogen-bond acceptors (Lipinski definition) is 5. The summed E-state index contributed by atoms with van der Waals surface area (Å²) in [6.07, 6.45) is 1.32. The summed E-state index contributed by atoms with van der Waals surface area (Å²) in [7, 11) is 0. The van der Waals surface area contributed by atoms with Crippen molar-refractivity contribution in [2.45, 2.75) is 34.2 Å². The number of aromatic nitrogens is 2. The maximum Gasteiger partial charge on any atom is 0.262 e. The number of carbonyl (C=O) groups excluding carboxylic acids is 2. The van der Waals surface area contributed by atoms with Gasteiger partial charge in [-0.25, -0.2) is 4.98 Å². The van der Waals surface area contributed by atoms with Gasteiger partial charge in [0.15, 0.2) is 0 Å². The highest BCUT2D eigenvalue weighted by Gasteiger charge is 2.18. The Kier molecular flexibility index (Phi) is 4.84. The average molecular weight is 384 g/mol. The van der Waals surface area contributed by atoms with Gasteiger partial charge in [0, 0.05) is 5.69 Å². The van der Waals surface area contributed by atoms with Crippen molar-refractivity contribution in [3.63, 3.8) is 0 Å². The molecule has 7 nitrogen and oxygen atoms in total. The second kappa shape index (κ2) is 6.96. The van der Waals surface area contributed by atoms with E-state index in [-0.39, 0.29) is 18.0 Å². The lowest BCUT2D eigenvalue weighted by molar-refractivity contribution is -0.116. The minimum Gasteiger partial charge on any atom is -0.365 e. The van der Waals surface area contributed by atoms with Gasteiger partial charge in [0.25, 0.3) is 11.5 Å². The number of hydrogen-bond donors (Lipinski definition) is 2. The number of aryl methyl sites for hydroxylation is 4. The van der Waals surface area contributed by atoms with Crippen molar-refractivity contribution in [2.75, 3.05) is 5.32 Å². The molecule has 0 spiro atoms. The first-order chi connectivity index (χ1) is 12.7. The van der Waals surface area contributed by atoms with Crippen molar-refractivity contribution < 1.29 is 9.59 Å². The van der Waals surface area contributed by atoms with Gasteiger partial charge in [-0.3, -0.25) is 19.0 Å². The van der Waals surface area contributed by atoms with Crippen molar-refractivity contribution in [2.24, 2.45) is 5.73 Å². The van der Waals surface area contributed by atoms with E-state index in [2.05, 4.69) is 10.3 Å². The Morgan fingerprint density at radius 1 is 1.19 bits per heavy atom. The number of nitrogens with two attached hydrogens (primary N) is 1. The van der Waals surface area contributed by atoms with Crippen LogP contribution in [0.2, 0.25) is 0 Å². The van der Waals surface area contributed by atoms with Crippen LogP contribution < -0.4 is 16.6 Å². The fourth-order valence-electron chi connectivity index (χ4n) is 3.22. The first kappa shape index (κ1) is 18.8. The molecule has 0 aliphatic rings. The molecule has 0 fully saturated rings. The van der Waals surface area contributed by atoms with Crippen LogP contribution in [0, 0.1) is 27.7 Å². The van der Waals surface area contributed by atoms with E-state index >= 15 is 0 Å². The minimum absolute atomic E-state index is 0.171. The number of amides is 2. The zero-order chi connectivity index (χ0) is 19.9. The van der Waals surface area contributed by atoms with Crippen molar-refractivity contribution in [1.82, 2.24) is 9.55 Å². The Balaban J connectivity index is 1.92.